The Morgan fingerprint density at radius 2 is 2.11 bits per heavy atom. The molecule has 0 aromatic carbocycles. The summed E-state index contributed by atoms with van der Waals surface area (Å²) in [7, 11) is 1.97. The van der Waals surface area contributed by atoms with E-state index >= 15 is 0 Å². The van der Waals surface area contributed by atoms with Crippen LogP contribution in [0.25, 0.3) is 0 Å². The summed E-state index contributed by atoms with van der Waals surface area (Å²) in [5, 5.41) is 11.6. The van der Waals surface area contributed by atoms with Gasteiger partial charge in [0, 0.05) is 18.4 Å². The zero-order valence-electron chi connectivity index (χ0n) is 11.0. The van der Waals surface area contributed by atoms with Crippen LogP contribution in [0.15, 0.2) is 30.6 Å². The number of hydrogen-bond donors (Lipinski definition) is 1. The first-order valence-electron chi connectivity index (χ1n) is 6.07. The highest BCUT2D eigenvalue weighted by Gasteiger charge is 2.14. The van der Waals surface area contributed by atoms with Crippen LogP contribution in [0, 0.1) is 13.8 Å². The molecule has 2 aromatic rings. The van der Waals surface area contributed by atoms with Crippen LogP contribution < -0.4 is 5.32 Å². The summed E-state index contributed by atoms with van der Waals surface area (Å²) >= 11 is 0. The van der Waals surface area contributed by atoms with Crippen LogP contribution in [0.5, 0.6) is 0 Å². The molecule has 1 N–H and O–H groups in total. The van der Waals surface area contributed by atoms with Gasteiger partial charge in [-0.25, -0.2) is 0 Å². The SMILES string of the molecule is CNC(Cc1cccnc1)c1cc(C)nnc1C. The van der Waals surface area contributed by atoms with Crippen molar-refractivity contribution in [2.24, 2.45) is 0 Å². The van der Waals surface area contributed by atoms with Gasteiger partial charge in [0.1, 0.15) is 0 Å². The summed E-state index contributed by atoms with van der Waals surface area (Å²) in [6.45, 7) is 3.96. The van der Waals surface area contributed by atoms with Crippen molar-refractivity contribution < 1.29 is 0 Å². The number of likely N-dealkylation sites (N-methyl/N-ethyl adjacent to an activating group) is 1. The Bertz CT molecular complexity index is 510. The van der Waals surface area contributed by atoms with Crippen molar-refractivity contribution in [3.63, 3.8) is 0 Å². The third-order valence-electron chi connectivity index (χ3n) is 3.03. The van der Waals surface area contributed by atoms with Gasteiger partial charge < -0.3 is 5.32 Å². The Morgan fingerprint density at radius 1 is 1.28 bits per heavy atom. The summed E-state index contributed by atoms with van der Waals surface area (Å²) in [4.78, 5) is 4.15. The number of nitrogens with zero attached hydrogens (tertiary/aromatic N) is 3. The smallest absolute Gasteiger partial charge is 0.0648 e. The van der Waals surface area contributed by atoms with Crippen molar-refractivity contribution >= 4 is 0 Å². The highest BCUT2D eigenvalue weighted by atomic mass is 15.1. The van der Waals surface area contributed by atoms with Crippen molar-refractivity contribution in [2.45, 2.75) is 26.3 Å². The molecule has 0 amide bonds. The molecule has 2 rings (SSSR count). The first-order chi connectivity index (χ1) is 8.70. The molecule has 4 heteroatoms. The number of aryl methyl sites for hydroxylation is 2. The molecule has 2 heterocycles. The second kappa shape index (κ2) is 5.69. The van der Waals surface area contributed by atoms with Gasteiger partial charge in [0.05, 0.1) is 11.4 Å². The van der Waals surface area contributed by atoms with E-state index in [-0.39, 0.29) is 6.04 Å². The molecule has 1 unspecified atom stereocenters. The molecule has 0 aliphatic heterocycles. The Hall–Kier alpha value is -1.81. The lowest BCUT2D eigenvalue weighted by Crippen LogP contribution is -2.20. The standard InChI is InChI=1S/C14H18N4/c1-10-7-13(11(2)18-17-10)14(15-3)8-12-5-4-6-16-9-12/h4-7,9,14-15H,8H2,1-3H3. The van der Waals surface area contributed by atoms with Gasteiger partial charge >= 0.3 is 0 Å². The minimum atomic E-state index is 0.239. The summed E-state index contributed by atoms with van der Waals surface area (Å²) in [5.74, 6) is 0. The van der Waals surface area contributed by atoms with Crippen molar-refractivity contribution in [3.05, 3.63) is 53.1 Å². The number of pyridine rings is 1. The number of nitrogens with one attached hydrogen (secondary N) is 1. The topological polar surface area (TPSA) is 50.7 Å². The largest absolute Gasteiger partial charge is 0.313 e. The molecule has 0 fully saturated rings. The Kier molecular flexibility index (Phi) is 3.99. The van der Waals surface area contributed by atoms with Crippen LogP contribution in [0.2, 0.25) is 0 Å². The summed E-state index contributed by atoms with van der Waals surface area (Å²) in [6.07, 6.45) is 4.60. The van der Waals surface area contributed by atoms with Gasteiger partial charge in [-0.15, -0.1) is 0 Å². The van der Waals surface area contributed by atoms with E-state index in [1.54, 1.807) is 6.20 Å². The first kappa shape index (κ1) is 12.6. The maximum Gasteiger partial charge on any atom is 0.0648 e. The molecule has 0 aliphatic rings. The normalized spacial score (nSPS) is 12.4. The highest BCUT2D eigenvalue weighted by Crippen LogP contribution is 2.20. The van der Waals surface area contributed by atoms with E-state index < -0.39 is 0 Å². The Morgan fingerprint density at radius 3 is 2.78 bits per heavy atom. The van der Waals surface area contributed by atoms with Gasteiger partial charge in [-0.3, -0.25) is 4.98 Å². The zero-order valence-corrected chi connectivity index (χ0v) is 11.0. The van der Waals surface area contributed by atoms with Crippen LogP contribution in [0.4, 0.5) is 0 Å². The van der Waals surface area contributed by atoms with Gasteiger partial charge in [0.25, 0.3) is 0 Å². The quantitative estimate of drug-likeness (QED) is 0.891. The molecule has 0 spiro atoms. The van der Waals surface area contributed by atoms with E-state index in [4.69, 9.17) is 0 Å². The molecule has 0 bridgehead atoms. The molecule has 18 heavy (non-hydrogen) atoms. The minimum absolute atomic E-state index is 0.239. The van der Waals surface area contributed by atoms with Crippen molar-refractivity contribution in [1.82, 2.24) is 20.5 Å². The third-order valence-corrected chi connectivity index (χ3v) is 3.03. The fraction of sp³-hybridized carbons (Fsp3) is 0.357. The number of hydrogen-bond acceptors (Lipinski definition) is 4. The number of aromatic nitrogens is 3. The predicted octanol–water partition coefficient (Wildman–Crippen LogP) is 1.99. The lowest BCUT2D eigenvalue weighted by Gasteiger charge is -2.18. The lowest BCUT2D eigenvalue weighted by atomic mass is 9.99. The van der Waals surface area contributed by atoms with E-state index in [0.29, 0.717) is 0 Å². The van der Waals surface area contributed by atoms with Gasteiger partial charge in [0.2, 0.25) is 0 Å². The highest BCUT2D eigenvalue weighted by molar-refractivity contribution is 5.26. The number of rotatable bonds is 4. The molecule has 0 saturated heterocycles. The molecule has 4 nitrogen and oxygen atoms in total. The van der Waals surface area contributed by atoms with Gasteiger partial charge in [-0.1, -0.05) is 6.07 Å². The van der Waals surface area contributed by atoms with Crippen molar-refractivity contribution in [2.75, 3.05) is 7.05 Å². The molecule has 0 saturated carbocycles. The van der Waals surface area contributed by atoms with Crippen LogP contribution in [0.3, 0.4) is 0 Å². The van der Waals surface area contributed by atoms with E-state index in [1.165, 1.54) is 11.1 Å². The Labute approximate surface area is 107 Å². The minimum Gasteiger partial charge on any atom is -0.313 e. The molecular weight excluding hydrogens is 224 g/mol. The van der Waals surface area contributed by atoms with E-state index in [1.807, 2.05) is 33.2 Å². The van der Waals surface area contributed by atoms with Gasteiger partial charge in [0.15, 0.2) is 0 Å². The van der Waals surface area contributed by atoms with Crippen LogP contribution in [-0.4, -0.2) is 22.2 Å². The summed E-state index contributed by atoms with van der Waals surface area (Å²) in [6, 6.07) is 6.39. The molecule has 2 aromatic heterocycles. The average Bonchev–Trinajstić information content (AvgIpc) is 2.40. The average molecular weight is 242 g/mol. The fourth-order valence-corrected chi connectivity index (χ4v) is 2.04. The molecule has 0 radical (unpaired) electrons. The zero-order chi connectivity index (χ0) is 13.0. The van der Waals surface area contributed by atoms with Crippen LogP contribution >= 0.6 is 0 Å². The van der Waals surface area contributed by atoms with Gasteiger partial charge in [-0.05, 0) is 50.6 Å². The Balaban J connectivity index is 2.26. The second-order valence-corrected chi connectivity index (χ2v) is 4.43. The van der Waals surface area contributed by atoms with Crippen molar-refractivity contribution in [3.8, 4) is 0 Å². The van der Waals surface area contributed by atoms with Gasteiger partial charge in [-0.2, -0.15) is 10.2 Å². The summed E-state index contributed by atoms with van der Waals surface area (Å²) < 4.78 is 0. The third kappa shape index (κ3) is 2.90. The lowest BCUT2D eigenvalue weighted by molar-refractivity contribution is 0.581. The van der Waals surface area contributed by atoms with Crippen molar-refractivity contribution in [1.29, 1.82) is 0 Å². The predicted molar refractivity (Wildman–Crippen MR) is 71.2 cm³/mol. The maximum atomic E-state index is 4.18. The molecule has 94 valence electrons. The molecule has 0 aliphatic carbocycles. The van der Waals surface area contributed by atoms with E-state index in [9.17, 15) is 0 Å². The monoisotopic (exact) mass is 242 g/mol. The fourth-order valence-electron chi connectivity index (χ4n) is 2.04. The van der Waals surface area contributed by atoms with E-state index in [2.05, 4.69) is 32.6 Å². The van der Waals surface area contributed by atoms with Crippen LogP contribution in [0.1, 0.15) is 28.6 Å². The van der Waals surface area contributed by atoms with Crippen LogP contribution in [-0.2, 0) is 6.42 Å². The molecular formula is C14H18N4. The molecule has 1 atom stereocenters. The maximum absolute atomic E-state index is 4.18. The van der Waals surface area contributed by atoms with E-state index in [0.717, 1.165) is 17.8 Å². The second-order valence-electron chi connectivity index (χ2n) is 4.43. The first-order valence-corrected chi connectivity index (χ1v) is 6.07. The summed E-state index contributed by atoms with van der Waals surface area (Å²) in [5.41, 5.74) is 4.34.